The first-order valence-corrected chi connectivity index (χ1v) is 21.7. The molecule has 0 saturated heterocycles. The van der Waals surface area contributed by atoms with E-state index in [4.69, 9.17) is 14.2 Å². The summed E-state index contributed by atoms with van der Waals surface area (Å²) in [5.74, 6) is 0.342. The number of nitrogens with zero attached hydrogens (tertiary/aromatic N) is 1. The molecular formula is C43H84N2O6. The maximum Gasteiger partial charge on any atom is 0.306 e. The summed E-state index contributed by atoms with van der Waals surface area (Å²) in [6.45, 7) is 13.3. The lowest BCUT2D eigenvalue weighted by molar-refractivity contribution is -0.150. The molecule has 8 heteroatoms. The van der Waals surface area contributed by atoms with Gasteiger partial charge < -0.3 is 24.4 Å². The summed E-state index contributed by atoms with van der Waals surface area (Å²) in [6, 6.07) is 0. The second-order valence-electron chi connectivity index (χ2n) is 15.1. The van der Waals surface area contributed by atoms with Gasteiger partial charge >= 0.3 is 11.9 Å². The first-order valence-electron chi connectivity index (χ1n) is 21.7. The van der Waals surface area contributed by atoms with E-state index in [9.17, 15) is 14.4 Å². The van der Waals surface area contributed by atoms with Crippen molar-refractivity contribution in [2.75, 3.05) is 46.5 Å². The normalized spacial score (nSPS) is 12.6. The maximum atomic E-state index is 12.6. The molecule has 0 rings (SSSR count). The van der Waals surface area contributed by atoms with Crippen LogP contribution in [-0.2, 0) is 28.6 Å². The van der Waals surface area contributed by atoms with Gasteiger partial charge in [-0.1, -0.05) is 124 Å². The number of amides is 1. The molecule has 0 aliphatic rings. The molecule has 51 heavy (non-hydrogen) atoms. The maximum absolute atomic E-state index is 12.6. The van der Waals surface area contributed by atoms with Crippen LogP contribution in [-0.4, -0.2) is 75.4 Å². The fourth-order valence-corrected chi connectivity index (χ4v) is 6.56. The van der Waals surface area contributed by atoms with Gasteiger partial charge in [0.1, 0.15) is 12.7 Å². The molecule has 0 radical (unpaired) electrons. The van der Waals surface area contributed by atoms with Gasteiger partial charge in [-0.25, -0.2) is 0 Å². The summed E-state index contributed by atoms with van der Waals surface area (Å²) in [5.41, 5.74) is 0. The molecule has 8 nitrogen and oxygen atoms in total. The highest BCUT2D eigenvalue weighted by atomic mass is 16.5. The van der Waals surface area contributed by atoms with Crippen LogP contribution in [0.25, 0.3) is 0 Å². The lowest BCUT2D eigenvalue weighted by Gasteiger charge is -2.22. The number of nitrogens with one attached hydrogen (secondary N) is 1. The van der Waals surface area contributed by atoms with Crippen LogP contribution in [0.3, 0.4) is 0 Å². The fraction of sp³-hybridized carbons (Fsp3) is 0.930. The lowest BCUT2D eigenvalue weighted by atomic mass is 10.0. The molecule has 302 valence electrons. The first-order chi connectivity index (χ1) is 24.9. The molecule has 2 unspecified atom stereocenters. The van der Waals surface area contributed by atoms with Crippen molar-refractivity contribution in [3.8, 4) is 0 Å². The predicted octanol–water partition coefficient (Wildman–Crippen LogP) is 10.7. The van der Waals surface area contributed by atoms with E-state index in [1.54, 1.807) is 0 Å². The molecule has 0 saturated carbocycles. The second-order valence-corrected chi connectivity index (χ2v) is 15.1. The van der Waals surface area contributed by atoms with Gasteiger partial charge in [-0.15, -0.1) is 0 Å². The molecule has 0 heterocycles. The van der Waals surface area contributed by atoms with Gasteiger partial charge in [0.25, 0.3) is 0 Å². The van der Waals surface area contributed by atoms with Crippen LogP contribution < -0.4 is 5.32 Å². The summed E-state index contributed by atoms with van der Waals surface area (Å²) in [4.78, 5) is 39.0. The Labute approximate surface area is 315 Å². The molecule has 0 aromatic heterocycles. The average Bonchev–Trinajstić information content (AvgIpc) is 3.11. The van der Waals surface area contributed by atoms with Crippen LogP contribution >= 0.6 is 0 Å². The molecule has 0 spiro atoms. The molecule has 1 N–H and O–H groups in total. The Bertz CT molecular complexity index is 794. The summed E-state index contributed by atoms with van der Waals surface area (Å²) >= 11 is 0. The quantitative estimate of drug-likeness (QED) is 0.0498. The molecule has 0 aromatic rings. The van der Waals surface area contributed by atoms with Gasteiger partial charge in [0, 0.05) is 26.5 Å². The minimum absolute atomic E-state index is 0.00572. The van der Waals surface area contributed by atoms with Gasteiger partial charge in [0.15, 0.2) is 0 Å². The number of esters is 2. The van der Waals surface area contributed by atoms with E-state index in [2.05, 4.69) is 37.9 Å². The van der Waals surface area contributed by atoms with Crippen LogP contribution in [0, 0.1) is 5.92 Å². The predicted molar refractivity (Wildman–Crippen MR) is 213 cm³/mol. The van der Waals surface area contributed by atoms with E-state index in [0.29, 0.717) is 31.9 Å². The number of hydrogen-bond acceptors (Lipinski definition) is 7. The number of ether oxygens (including phenoxy) is 3. The molecule has 0 aromatic carbocycles. The lowest BCUT2D eigenvalue weighted by Crippen LogP contribution is -2.32. The third-order valence-electron chi connectivity index (χ3n) is 9.85. The minimum Gasteiger partial charge on any atom is -0.465 e. The number of methoxy groups -OCH3 is 1. The summed E-state index contributed by atoms with van der Waals surface area (Å²) in [6.07, 6.45) is 29.6. The Morgan fingerprint density at radius 2 is 1.04 bits per heavy atom. The molecule has 0 bridgehead atoms. The van der Waals surface area contributed by atoms with Gasteiger partial charge in [-0.05, 0) is 89.8 Å². The van der Waals surface area contributed by atoms with Crippen LogP contribution in [0.4, 0.5) is 0 Å². The van der Waals surface area contributed by atoms with Gasteiger partial charge in [-0.2, -0.15) is 0 Å². The van der Waals surface area contributed by atoms with Crippen molar-refractivity contribution in [3.05, 3.63) is 0 Å². The highest BCUT2D eigenvalue weighted by Crippen LogP contribution is 2.17. The van der Waals surface area contributed by atoms with Crippen molar-refractivity contribution in [2.24, 2.45) is 5.92 Å². The van der Waals surface area contributed by atoms with Crippen molar-refractivity contribution in [1.82, 2.24) is 10.2 Å². The zero-order valence-electron chi connectivity index (χ0n) is 34.4. The number of unbranched alkanes of at least 4 members (excludes halogenated alkanes) is 16. The van der Waals surface area contributed by atoms with Crippen molar-refractivity contribution >= 4 is 17.8 Å². The fourth-order valence-electron chi connectivity index (χ4n) is 6.56. The van der Waals surface area contributed by atoms with Crippen LogP contribution in [0.5, 0.6) is 0 Å². The van der Waals surface area contributed by atoms with E-state index < -0.39 is 0 Å². The summed E-state index contributed by atoms with van der Waals surface area (Å²) in [7, 11) is 1.54. The molecule has 1 amide bonds. The zero-order chi connectivity index (χ0) is 37.6. The second kappa shape index (κ2) is 38.1. The van der Waals surface area contributed by atoms with E-state index in [1.807, 2.05) is 0 Å². The topological polar surface area (TPSA) is 94.2 Å². The number of rotatable bonds is 39. The van der Waals surface area contributed by atoms with E-state index >= 15 is 0 Å². The summed E-state index contributed by atoms with van der Waals surface area (Å²) in [5, 5.41) is 2.94. The summed E-state index contributed by atoms with van der Waals surface area (Å²) < 4.78 is 16.4. The van der Waals surface area contributed by atoms with Gasteiger partial charge in [-0.3, -0.25) is 14.4 Å². The van der Waals surface area contributed by atoms with Crippen LogP contribution in [0.1, 0.15) is 201 Å². The molecular weight excluding hydrogens is 640 g/mol. The smallest absolute Gasteiger partial charge is 0.306 e. The Morgan fingerprint density at radius 3 is 1.63 bits per heavy atom. The third kappa shape index (κ3) is 35.1. The van der Waals surface area contributed by atoms with Gasteiger partial charge in [0.2, 0.25) is 5.91 Å². The van der Waals surface area contributed by atoms with E-state index in [1.165, 1.54) is 77.7 Å². The molecule has 0 aliphatic carbocycles. The first kappa shape index (κ1) is 49.3. The van der Waals surface area contributed by atoms with Crippen molar-refractivity contribution < 1.29 is 28.6 Å². The highest BCUT2D eigenvalue weighted by molar-refractivity contribution is 5.77. The molecule has 2 atom stereocenters. The Hall–Kier alpha value is -1.67. The number of carbonyl (C=O) groups excluding carboxylic acids is 3. The van der Waals surface area contributed by atoms with Crippen molar-refractivity contribution in [1.29, 1.82) is 0 Å². The number of carbonyl (C=O) groups is 3. The number of hydrogen-bond donors (Lipinski definition) is 1. The van der Waals surface area contributed by atoms with Crippen LogP contribution in [0.15, 0.2) is 0 Å². The monoisotopic (exact) mass is 725 g/mol. The van der Waals surface area contributed by atoms with Crippen LogP contribution in [0.2, 0.25) is 0 Å². The average molecular weight is 725 g/mol. The van der Waals surface area contributed by atoms with Gasteiger partial charge in [0.05, 0.1) is 6.61 Å². The molecule has 0 fully saturated rings. The highest BCUT2D eigenvalue weighted by Gasteiger charge is 2.14. The zero-order valence-corrected chi connectivity index (χ0v) is 34.4. The molecule has 0 aliphatic heterocycles. The standard InChI is InChI=1S/C43H84N2O6/c1-6-9-12-21-28-39(4)37-50-42(47)31-23-16-14-18-25-34-45(36-27-33-44-41(46)38-49-5)35-26-19-15-17-24-32-43(48)51-40(29-20-11-8-3)30-22-13-10-7-2/h39-40H,6-38H2,1-5H3,(H,44,46). The minimum atomic E-state index is -0.0623. The Balaban J connectivity index is 4.29. The van der Waals surface area contributed by atoms with E-state index in [0.717, 1.165) is 110 Å². The largest absolute Gasteiger partial charge is 0.465 e. The Morgan fingerprint density at radius 1 is 0.569 bits per heavy atom. The Kier molecular flexibility index (Phi) is 36.8. The SMILES string of the molecule is CCCCCCC(C)COC(=O)CCCCCCCN(CCCCCCCC(=O)OC(CCCCC)CCCCCC)CCCNC(=O)COC. The van der Waals surface area contributed by atoms with Crippen molar-refractivity contribution in [3.63, 3.8) is 0 Å². The third-order valence-corrected chi connectivity index (χ3v) is 9.85. The van der Waals surface area contributed by atoms with E-state index in [-0.39, 0.29) is 30.6 Å². The van der Waals surface area contributed by atoms with Crippen molar-refractivity contribution in [2.45, 2.75) is 207 Å².